The standard InChI is InChI=1S/C20H20N4O3/c21-20(27)15-7-4-8-16(13-15)22-18(25)9-10-19(26)24-12-11-17(23-24)14-5-2-1-3-6-14/h1-8,13H,9-12H2,(H2,21,27)(H,22,25). The number of nitrogens with one attached hydrogen (secondary N) is 1. The van der Waals surface area contributed by atoms with E-state index in [4.69, 9.17) is 5.73 Å². The second-order valence-electron chi connectivity index (χ2n) is 6.17. The zero-order chi connectivity index (χ0) is 19.2. The average molecular weight is 364 g/mol. The lowest BCUT2D eigenvalue weighted by Gasteiger charge is -2.11. The molecule has 138 valence electrons. The Morgan fingerprint density at radius 3 is 2.56 bits per heavy atom. The Kier molecular flexibility index (Phi) is 5.61. The number of carbonyl (C=O) groups excluding carboxylic acids is 3. The van der Waals surface area contributed by atoms with Gasteiger partial charge >= 0.3 is 0 Å². The number of hydrogen-bond donors (Lipinski definition) is 2. The predicted octanol–water partition coefficient (Wildman–Crippen LogP) is 2.14. The highest BCUT2D eigenvalue weighted by Gasteiger charge is 2.21. The van der Waals surface area contributed by atoms with Crippen molar-refractivity contribution in [3.63, 3.8) is 0 Å². The molecule has 0 saturated carbocycles. The molecule has 1 aliphatic heterocycles. The quantitative estimate of drug-likeness (QED) is 0.820. The molecule has 2 aromatic carbocycles. The van der Waals surface area contributed by atoms with E-state index in [0.717, 1.165) is 11.3 Å². The zero-order valence-electron chi connectivity index (χ0n) is 14.7. The Morgan fingerprint density at radius 2 is 1.81 bits per heavy atom. The molecule has 27 heavy (non-hydrogen) atoms. The van der Waals surface area contributed by atoms with Gasteiger partial charge in [0.05, 0.1) is 12.3 Å². The molecule has 3 N–H and O–H groups in total. The van der Waals surface area contributed by atoms with Gasteiger partial charge in [0, 0.05) is 30.5 Å². The SMILES string of the molecule is NC(=O)c1cccc(NC(=O)CCC(=O)N2CCC(c3ccccc3)=N2)c1. The molecular weight excluding hydrogens is 344 g/mol. The summed E-state index contributed by atoms with van der Waals surface area (Å²) in [6.45, 7) is 0.519. The van der Waals surface area contributed by atoms with Crippen molar-refractivity contribution >= 4 is 29.1 Å². The van der Waals surface area contributed by atoms with Crippen molar-refractivity contribution in [2.45, 2.75) is 19.3 Å². The van der Waals surface area contributed by atoms with Crippen molar-refractivity contribution < 1.29 is 14.4 Å². The van der Waals surface area contributed by atoms with Gasteiger partial charge in [0.1, 0.15) is 0 Å². The largest absolute Gasteiger partial charge is 0.366 e. The Bertz CT molecular complexity index is 893. The van der Waals surface area contributed by atoms with E-state index >= 15 is 0 Å². The first-order valence-corrected chi connectivity index (χ1v) is 8.66. The van der Waals surface area contributed by atoms with Crippen LogP contribution in [-0.2, 0) is 9.59 Å². The van der Waals surface area contributed by atoms with E-state index in [1.807, 2.05) is 30.3 Å². The Hall–Kier alpha value is -3.48. The smallest absolute Gasteiger partial charge is 0.248 e. The Labute approximate surface area is 156 Å². The van der Waals surface area contributed by atoms with Gasteiger partial charge in [-0.3, -0.25) is 14.4 Å². The number of nitrogens with zero attached hydrogens (tertiary/aromatic N) is 2. The summed E-state index contributed by atoms with van der Waals surface area (Å²) in [7, 11) is 0. The van der Waals surface area contributed by atoms with Crippen molar-refractivity contribution in [3.8, 4) is 0 Å². The molecule has 0 atom stereocenters. The fourth-order valence-corrected chi connectivity index (χ4v) is 2.79. The highest BCUT2D eigenvalue weighted by molar-refractivity contribution is 6.03. The monoisotopic (exact) mass is 364 g/mol. The molecule has 0 bridgehead atoms. The van der Waals surface area contributed by atoms with Crippen LogP contribution in [-0.4, -0.2) is 35.0 Å². The third kappa shape index (κ3) is 4.78. The summed E-state index contributed by atoms with van der Waals surface area (Å²) in [6.07, 6.45) is 0.793. The molecule has 7 heteroatoms. The number of nitrogens with two attached hydrogens (primary N) is 1. The zero-order valence-corrected chi connectivity index (χ0v) is 14.7. The van der Waals surface area contributed by atoms with Crippen LogP contribution in [0.3, 0.4) is 0 Å². The van der Waals surface area contributed by atoms with Crippen molar-refractivity contribution in [1.29, 1.82) is 0 Å². The molecule has 7 nitrogen and oxygen atoms in total. The maximum absolute atomic E-state index is 12.3. The molecule has 3 rings (SSSR count). The minimum Gasteiger partial charge on any atom is -0.366 e. The first-order chi connectivity index (χ1) is 13.0. The number of hydrogen-bond acceptors (Lipinski definition) is 4. The van der Waals surface area contributed by atoms with Crippen molar-refractivity contribution in [1.82, 2.24) is 5.01 Å². The summed E-state index contributed by atoms with van der Waals surface area (Å²) in [5.74, 6) is -1.07. The fraction of sp³-hybridized carbons (Fsp3) is 0.200. The second kappa shape index (κ2) is 8.27. The summed E-state index contributed by atoms with van der Waals surface area (Å²) < 4.78 is 0. The van der Waals surface area contributed by atoms with Gasteiger partial charge < -0.3 is 11.1 Å². The molecule has 3 amide bonds. The second-order valence-corrected chi connectivity index (χ2v) is 6.17. The minimum atomic E-state index is -0.567. The molecule has 0 spiro atoms. The molecular formula is C20H20N4O3. The average Bonchev–Trinajstić information content (AvgIpc) is 3.17. The van der Waals surface area contributed by atoms with Crippen LogP contribution >= 0.6 is 0 Å². The predicted molar refractivity (Wildman–Crippen MR) is 102 cm³/mol. The van der Waals surface area contributed by atoms with Gasteiger partial charge in [0.15, 0.2) is 0 Å². The van der Waals surface area contributed by atoms with Gasteiger partial charge in [0.2, 0.25) is 17.7 Å². The molecule has 0 unspecified atom stereocenters. The van der Waals surface area contributed by atoms with E-state index in [-0.39, 0.29) is 24.7 Å². The summed E-state index contributed by atoms with van der Waals surface area (Å²) in [5, 5.41) is 8.45. The Morgan fingerprint density at radius 1 is 1.04 bits per heavy atom. The molecule has 0 aromatic heterocycles. The number of amides is 3. The van der Waals surface area contributed by atoms with Gasteiger partial charge in [-0.15, -0.1) is 0 Å². The number of rotatable bonds is 6. The van der Waals surface area contributed by atoms with Crippen molar-refractivity contribution in [2.24, 2.45) is 10.8 Å². The number of primary amides is 1. The van der Waals surface area contributed by atoms with Crippen LogP contribution in [0.2, 0.25) is 0 Å². The number of hydrazone groups is 1. The van der Waals surface area contributed by atoms with Crippen LogP contribution < -0.4 is 11.1 Å². The molecule has 1 aliphatic rings. The van der Waals surface area contributed by atoms with Crippen LogP contribution in [0.1, 0.15) is 35.2 Å². The molecule has 0 radical (unpaired) electrons. The molecule has 1 heterocycles. The highest BCUT2D eigenvalue weighted by atomic mass is 16.2. The van der Waals surface area contributed by atoms with Gasteiger partial charge in [-0.2, -0.15) is 5.10 Å². The van der Waals surface area contributed by atoms with E-state index in [1.165, 1.54) is 11.1 Å². The van der Waals surface area contributed by atoms with E-state index < -0.39 is 5.91 Å². The third-order valence-corrected chi connectivity index (χ3v) is 4.19. The molecule has 0 fully saturated rings. The lowest BCUT2D eigenvalue weighted by molar-refractivity contribution is -0.132. The normalized spacial score (nSPS) is 13.2. The molecule has 2 aromatic rings. The van der Waals surface area contributed by atoms with Crippen LogP contribution in [0.5, 0.6) is 0 Å². The number of benzene rings is 2. The Balaban J connectivity index is 1.52. The minimum absolute atomic E-state index is 0.0341. The lowest BCUT2D eigenvalue weighted by Crippen LogP contribution is -2.25. The molecule has 0 saturated heterocycles. The van der Waals surface area contributed by atoms with Crippen LogP contribution in [0.25, 0.3) is 0 Å². The first kappa shape index (κ1) is 18.3. The summed E-state index contributed by atoms with van der Waals surface area (Å²) in [6, 6.07) is 16.1. The first-order valence-electron chi connectivity index (χ1n) is 8.66. The maximum Gasteiger partial charge on any atom is 0.248 e. The van der Waals surface area contributed by atoms with Gasteiger partial charge in [-0.1, -0.05) is 36.4 Å². The van der Waals surface area contributed by atoms with E-state index in [9.17, 15) is 14.4 Å². The summed E-state index contributed by atoms with van der Waals surface area (Å²) in [4.78, 5) is 35.5. The van der Waals surface area contributed by atoms with Gasteiger partial charge in [0.25, 0.3) is 0 Å². The highest BCUT2D eigenvalue weighted by Crippen LogP contribution is 2.15. The summed E-state index contributed by atoms with van der Waals surface area (Å²) in [5.41, 5.74) is 7.87. The van der Waals surface area contributed by atoms with E-state index in [1.54, 1.807) is 18.2 Å². The van der Waals surface area contributed by atoms with Crippen molar-refractivity contribution in [3.05, 3.63) is 65.7 Å². The third-order valence-electron chi connectivity index (χ3n) is 4.19. The van der Waals surface area contributed by atoms with E-state index in [2.05, 4.69) is 10.4 Å². The summed E-state index contributed by atoms with van der Waals surface area (Å²) >= 11 is 0. The lowest BCUT2D eigenvalue weighted by atomic mass is 10.1. The van der Waals surface area contributed by atoms with Crippen LogP contribution in [0.15, 0.2) is 59.7 Å². The maximum atomic E-state index is 12.3. The number of anilines is 1. The number of carbonyl (C=O) groups is 3. The van der Waals surface area contributed by atoms with Crippen LogP contribution in [0.4, 0.5) is 5.69 Å². The van der Waals surface area contributed by atoms with Gasteiger partial charge in [-0.05, 0) is 23.8 Å². The molecule has 0 aliphatic carbocycles. The van der Waals surface area contributed by atoms with E-state index in [0.29, 0.717) is 24.2 Å². The van der Waals surface area contributed by atoms with Crippen LogP contribution in [0, 0.1) is 0 Å². The topological polar surface area (TPSA) is 105 Å². The fourth-order valence-electron chi connectivity index (χ4n) is 2.79. The van der Waals surface area contributed by atoms with Crippen molar-refractivity contribution in [2.75, 3.05) is 11.9 Å². The van der Waals surface area contributed by atoms with Gasteiger partial charge in [-0.25, -0.2) is 5.01 Å².